The van der Waals surface area contributed by atoms with Gasteiger partial charge in [-0.2, -0.15) is 0 Å². The van der Waals surface area contributed by atoms with Crippen LogP contribution in [0, 0.1) is 53.3 Å². The monoisotopic (exact) mass is 506 g/mol. The van der Waals surface area contributed by atoms with Gasteiger partial charge >= 0.3 is 0 Å². The fourth-order valence-electron chi connectivity index (χ4n) is 9.48. The van der Waals surface area contributed by atoms with Crippen LogP contribution in [-0.2, 0) is 11.3 Å². The van der Waals surface area contributed by atoms with Gasteiger partial charge in [0, 0.05) is 26.1 Å². The molecule has 4 heteroatoms. The molecule has 0 bridgehead atoms. The van der Waals surface area contributed by atoms with E-state index in [1.54, 1.807) is 0 Å². The molecule has 0 spiro atoms. The molecule has 9 atom stereocenters. The van der Waals surface area contributed by atoms with E-state index in [9.17, 15) is 9.90 Å². The molecule has 0 radical (unpaired) electrons. The third-order valence-electron chi connectivity index (χ3n) is 11.6. The minimum atomic E-state index is -0.205. The number of amides is 1. The standard InChI is InChI=1S/C31H48N2O2.C2H2/c1-30-17-16-24(32)18-23(30)12-14-25-26-15-13-22(31(26,2)28(34)19-27(25)30)10-7-11-29(35)33(3)20-21-8-5-4-6-9-21;1-2/h4-6,8-9,22-28,34H,7,10-20,32H2,1-3H3;1-2H/t22-,23?,24+,25?,26?,27?,28-,30-,31+;/m0./s1. The van der Waals surface area contributed by atoms with Gasteiger partial charge in [-0.1, -0.05) is 44.2 Å². The molecule has 4 nitrogen and oxygen atoms in total. The first-order chi connectivity index (χ1) is 17.7. The van der Waals surface area contributed by atoms with Crippen molar-refractivity contribution in [3.63, 3.8) is 0 Å². The van der Waals surface area contributed by atoms with Crippen LogP contribution in [0.1, 0.15) is 90.0 Å². The number of nitrogens with two attached hydrogens (primary N) is 1. The molecule has 0 saturated heterocycles. The molecular formula is C33H50N2O2. The summed E-state index contributed by atoms with van der Waals surface area (Å²) in [5, 5.41) is 11.7. The molecule has 5 rings (SSSR count). The number of aliphatic hydroxyl groups is 1. The first kappa shape index (κ1) is 28.2. The average molecular weight is 507 g/mol. The Morgan fingerprint density at radius 2 is 1.78 bits per heavy atom. The second kappa shape index (κ2) is 11.5. The molecule has 37 heavy (non-hydrogen) atoms. The van der Waals surface area contributed by atoms with E-state index >= 15 is 0 Å². The molecule has 0 heterocycles. The number of carbonyl (C=O) groups is 1. The number of fused-ring (bicyclic) bond motifs is 5. The van der Waals surface area contributed by atoms with Crippen molar-refractivity contribution in [2.75, 3.05) is 7.05 Å². The summed E-state index contributed by atoms with van der Waals surface area (Å²) >= 11 is 0. The van der Waals surface area contributed by atoms with E-state index in [4.69, 9.17) is 5.73 Å². The second-order valence-corrected chi connectivity index (χ2v) is 13.2. The maximum Gasteiger partial charge on any atom is 0.222 e. The Morgan fingerprint density at radius 1 is 1.05 bits per heavy atom. The summed E-state index contributed by atoms with van der Waals surface area (Å²) < 4.78 is 0. The van der Waals surface area contributed by atoms with Gasteiger partial charge in [0.1, 0.15) is 0 Å². The molecule has 4 fully saturated rings. The Kier molecular flexibility index (Phi) is 8.76. The van der Waals surface area contributed by atoms with Crippen LogP contribution in [0.2, 0.25) is 0 Å². The maximum atomic E-state index is 12.8. The van der Waals surface area contributed by atoms with Crippen LogP contribution in [0.5, 0.6) is 0 Å². The number of hydrogen-bond acceptors (Lipinski definition) is 3. The lowest BCUT2D eigenvalue weighted by Gasteiger charge is -2.62. The van der Waals surface area contributed by atoms with Gasteiger partial charge in [-0.25, -0.2) is 0 Å². The number of hydrogen-bond donors (Lipinski definition) is 2. The zero-order valence-electron chi connectivity index (χ0n) is 23.4. The Hall–Kier alpha value is -1.83. The number of aliphatic hydroxyl groups excluding tert-OH is 1. The van der Waals surface area contributed by atoms with Crippen molar-refractivity contribution < 1.29 is 9.90 Å². The van der Waals surface area contributed by atoms with Gasteiger partial charge < -0.3 is 15.7 Å². The van der Waals surface area contributed by atoms with E-state index in [0.29, 0.717) is 42.2 Å². The minimum absolute atomic E-state index is 0.0222. The predicted molar refractivity (Wildman–Crippen MR) is 151 cm³/mol. The molecule has 3 N–H and O–H groups in total. The number of benzene rings is 1. The summed E-state index contributed by atoms with van der Waals surface area (Å²) in [7, 11) is 1.92. The lowest BCUT2D eigenvalue weighted by atomic mass is 9.44. The molecule has 4 unspecified atom stereocenters. The van der Waals surface area contributed by atoms with E-state index in [0.717, 1.165) is 37.5 Å². The zero-order valence-corrected chi connectivity index (χ0v) is 23.4. The number of carbonyl (C=O) groups excluding carboxylic acids is 1. The number of terminal acetylenes is 1. The van der Waals surface area contributed by atoms with Gasteiger partial charge in [-0.3, -0.25) is 4.79 Å². The summed E-state index contributed by atoms with van der Waals surface area (Å²) in [6, 6.07) is 10.6. The molecule has 4 aliphatic rings. The normalized spacial score (nSPS) is 40.4. The first-order valence-electron chi connectivity index (χ1n) is 14.8. The summed E-state index contributed by atoms with van der Waals surface area (Å²) in [5.74, 6) is 3.60. The largest absolute Gasteiger partial charge is 0.393 e. The molecule has 0 aromatic heterocycles. The second-order valence-electron chi connectivity index (χ2n) is 13.2. The Morgan fingerprint density at radius 3 is 2.51 bits per heavy atom. The van der Waals surface area contributed by atoms with E-state index in [2.05, 4.69) is 38.8 Å². The molecule has 0 aliphatic heterocycles. The van der Waals surface area contributed by atoms with Crippen molar-refractivity contribution in [2.24, 2.45) is 46.2 Å². The molecule has 1 aromatic rings. The van der Waals surface area contributed by atoms with Gasteiger partial charge in [0.05, 0.1) is 6.10 Å². The first-order valence-corrected chi connectivity index (χ1v) is 14.8. The van der Waals surface area contributed by atoms with Gasteiger partial charge in [0.25, 0.3) is 0 Å². The third-order valence-corrected chi connectivity index (χ3v) is 11.6. The third kappa shape index (κ3) is 5.24. The smallest absolute Gasteiger partial charge is 0.222 e. The Labute approximate surface area is 225 Å². The molecule has 204 valence electrons. The minimum Gasteiger partial charge on any atom is -0.393 e. The van der Waals surface area contributed by atoms with Crippen LogP contribution in [0.25, 0.3) is 0 Å². The van der Waals surface area contributed by atoms with Crippen LogP contribution < -0.4 is 5.73 Å². The van der Waals surface area contributed by atoms with Crippen LogP contribution in [0.4, 0.5) is 0 Å². The van der Waals surface area contributed by atoms with Gasteiger partial charge in [0.15, 0.2) is 0 Å². The van der Waals surface area contributed by atoms with Gasteiger partial charge in [-0.05, 0) is 110 Å². The lowest BCUT2D eigenvalue weighted by Crippen LogP contribution is -2.58. The fourth-order valence-corrected chi connectivity index (χ4v) is 9.48. The van der Waals surface area contributed by atoms with Crippen molar-refractivity contribution in [1.82, 2.24) is 4.90 Å². The van der Waals surface area contributed by atoms with E-state index in [-0.39, 0.29) is 17.4 Å². The van der Waals surface area contributed by atoms with Crippen LogP contribution in [0.3, 0.4) is 0 Å². The van der Waals surface area contributed by atoms with Crippen molar-refractivity contribution in [3.8, 4) is 12.8 Å². The zero-order chi connectivity index (χ0) is 26.8. The van der Waals surface area contributed by atoms with Crippen molar-refractivity contribution in [1.29, 1.82) is 0 Å². The van der Waals surface area contributed by atoms with Gasteiger partial charge in [-0.15, -0.1) is 12.8 Å². The highest BCUT2D eigenvalue weighted by molar-refractivity contribution is 5.75. The van der Waals surface area contributed by atoms with E-state index < -0.39 is 0 Å². The molecule has 1 amide bonds. The van der Waals surface area contributed by atoms with Crippen LogP contribution in [-0.4, -0.2) is 35.1 Å². The highest BCUT2D eigenvalue weighted by Crippen LogP contribution is 2.67. The SMILES string of the molecule is C#C.CN(Cc1ccccc1)C(=O)CCC[C@H]1CCC2C3CCC4C[C@H](N)CC[C@]4(C)C3C[C@H](O)[C@@]21C. The average Bonchev–Trinajstić information content (AvgIpc) is 3.24. The molecular weight excluding hydrogens is 456 g/mol. The quantitative estimate of drug-likeness (QED) is 0.464. The highest BCUT2D eigenvalue weighted by Gasteiger charge is 2.62. The highest BCUT2D eigenvalue weighted by atomic mass is 16.3. The maximum absolute atomic E-state index is 12.8. The van der Waals surface area contributed by atoms with E-state index in [1.807, 2.05) is 30.1 Å². The van der Waals surface area contributed by atoms with Crippen molar-refractivity contribution >= 4 is 5.91 Å². The summed E-state index contributed by atoms with van der Waals surface area (Å²) in [6.45, 7) is 5.62. The number of rotatable bonds is 6. The van der Waals surface area contributed by atoms with Gasteiger partial charge in [0.2, 0.25) is 5.91 Å². The molecule has 4 saturated carbocycles. The van der Waals surface area contributed by atoms with Crippen molar-refractivity contribution in [2.45, 2.75) is 103 Å². The van der Waals surface area contributed by atoms with E-state index in [1.165, 1.54) is 44.1 Å². The lowest BCUT2D eigenvalue weighted by molar-refractivity contribution is -0.165. The molecule has 1 aromatic carbocycles. The summed E-state index contributed by atoms with van der Waals surface area (Å²) in [6.07, 6.45) is 20.1. The number of nitrogens with zero attached hydrogens (tertiary/aromatic N) is 1. The van der Waals surface area contributed by atoms with Crippen molar-refractivity contribution in [3.05, 3.63) is 35.9 Å². The van der Waals surface area contributed by atoms with Crippen LogP contribution in [0.15, 0.2) is 30.3 Å². The summed E-state index contributed by atoms with van der Waals surface area (Å²) in [5.41, 5.74) is 7.94. The Balaban J connectivity index is 0.00000156. The Bertz CT molecular complexity index is 931. The molecule has 4 aliphatic carbocycles. The topological polar surface area (TPSA) is 66.6 Å². The fraction of sp³-hybridized carbons (Fsp3) is 0.727. The van der Waals surface area contributed by atoms with Crippen LogP contribution >= 0.6 is 0 Å². The summed E-state index contributed by atoms with van der Waals surface area (Å²) in [4.78, 5) is 14.7. The predicted octanol–water partition coefficient (Wildman–Crippen LogP) is 6.02.